The smallest absolute Gasteiger partial charge is 0.0378 e. The summed E-state index contributed by atoms with van der Waals surface area (Å²) in [5.74, 6) is 0.789. The fourth-order valence-electron chi connectivity index (χ4n) is 2.56. The van der Waals surface area contributed by atoms with E-state index in [4.69, 9.17) is 0 Å². The van der Waals surface area contributed by atoms with Crippen molar-refractivity contribution < 1.29 is 0 Å². The Morgan fingerprint density at radius 2 is 2.06 bits per heavy atom. The van der Waals surface area contributed by atoms with Crippen LogP contribution in [0.2, 0.25) is 0 Å². The van der Waals surface area contributed by atoms with Gasteiger partial charge in [-0.05, 0) is 47.8 Å². The Balaban J connectivity index is 2.22. The molecule has 0 aliphatic carbocycles. The molecule has 0 fully saturated rings. The van der Waals surface area contributed by atoms with Crippen molar-refractivity contribution >= 4 is 5.69 Å². The molecule has 94 valence electrons. The van der Waals surface area contributed by atoms with Crippen molar-refractivity contribution in [3.8, 4) is 0 Å². The van der Waals surface area contributed by atoms with E-state index in [9.17, 15) is 0 Å². The first kappa shape index (κ1) is 12.5. The van der Waals surface area contributed by atoms with E-state index in [2.05, 4.69) is 51.2 Å². The molecule has 0 spiro atoms. The normalized spacial score (nSPS) is 17.7. The molecule has 1 aromatic carbocycles. The van der Waals surface area contributed by atoms with Crippen LogP contribution in [0.1, 0.15) is 51.7 Å². The summed E-state index contributed by atoms with van der Waals surface area (Å²) in [6, 6.07) is 6.98. The van der Waals surface area contributed by atoms with Crippen LogP contribution in [0.4, 0.5) is 5.69 Å². The van der Waals surface area contributed by atoms with Gasteiger partial charge in [-0.3, -0.25) is 0 Å². The summed E-state index contributed by atoms with van der Waals surface area (Å²) >= 11 is 0. The monoisotopic (exact) mass is 231 g/mol. The second-order valence-electron chi connectivity index (χ2n) is 6.37. The quantitative estimate of drug-likeness (QED) is 0.814. The van der Waals surface area contributed by atoms with Gasteiger partial charge in [-0.25, -0.2) is 0 Å². The molecular weight excluding hydrogens is 206 g/mol. The molecule has 0 radical (unpaired) electrons. The van der Waals surface area contributed by atoms with E-state index in [1.807, 2.05) is 0 Å². The third kappa shape index (κ3) is 2.83. The SMILES string of the molecule is CC(C)CCc1ccc2c(c1)C(C)(C)CCN2. The molecule has 1 aromatic rings. The van der Waals surface area contributed by atoms with Crippen LogP contribution in [0.3, 0.4) is 0 Å². The van der Waals surface area contributed by atoms with Gasteiger partial charge in [0.15, 0.2) is 0 Å². The van der Waals surface area contributed by atoms with Crippen molar-refractivity contribution in [2.75, 3.05) is 11.9 Å². The zero-order chi connectivity index (χ0) is 12.5. The van der Waals surface area contributed by atoms with Crippen molar-refractivity contribution in [1.82, 2.24) is 0 Å². The Bertz CT molecular complexity index is 391. The summed E-state index contributed by atoms with van der Waals surface area (Å²) in [4.78, 5) is 0. The summed E-state index contributed by atoms with van der Waals surface area (Å²) < 4.78 is 0. The highest BCUT2D eigenvalue weighted by Gasteiger charge is 2.27. The molecule has 0 saturated heterocycles. The van der Waals surface area contributed by atoms with Crippen LogP contribution in [0.5, 0.6) is 0 Å². The minimum Gasteiger partial charge on any atom is -0.385 e. The van der Waals surface area contributed by atoms with Gasteiger partial charge in [0, 0.05) is 12.2 Å². The first-order valence-electron chi connectivity index (χ1n) is 6.86. The van der Waals surface area contributed by atoms with E-state index in [1.54, 1.807) is 0 Å². The van der Waals surface area contributed by atoms with E-state index in [0.717, 1.165) is 12.5 Å². The number of rotatable bonds is 3. The number of benzene rings is 1. The zero-order valence-corrected chi connectivity index (χ0v) is 11.6. The standard InChI is InChI=1S/C16H25N/c1-12(2)5-6-13-7-8-15-14(11-13)16(3,4)9-10-17-15/h7-8,11-12,17H,5-6,9-10H2,1-4H3. The maximum absolute atomic E-state index is 3.51. The molecule has 1 aliphatic rings. The van der Waals surface area contributed by atoms with Crippen molar-refractivity contribution in [1.29, 1.82) is 0 Å². The van der Waals surface area contributed by atoms with Gasteiger partial charge < -0.3 is 5.32 Å². The Morgan fingerprint density at radius 1 is 1.29 bits per heavy atom. The molecule has 17 heavy (non-hydrogen) atoms. The average molecular weight is 231 g/mol. The van der Waals surface area contributed by atoms with Crippen LogP contribution in [0, 0.1) is 5.92 Å². The maximum Gasteiger partial charge on any atom is 0.0378 e. The molecule has 1 nitrogen and oxygen atoms in total. The van der Waals surface area contributed by atoms with Crippen molar-refractivity contribution in [2.45, 2.75) is 52.4 Å². The van der Waals surface area contributed by atoms with Gasteiger partial charge in [0.25, 0.3) is 0 Å². The molecule has 0 saturated carbocycles. The lowest BCUT2D eigenvalue weighted by Gasteiger charge is -2.33. The highest BCUT2D eigenvalue weighted by molar-refractivity contribution is 5.57. The third-order valence-electron chi connectivity index (χ3n) is 3.89. The number of anilines is 1. The van der Waals surface area contributed by atoms with E-state index in [-0.39, 0.29) is 0 Å². The topological polar surface area (TPSA) is 12.0 Å². The van der Waals surface area contributed by atoms with Gasteiger partial charge in [-0.1, -0.05) is 39.8 Å². The van der Waals surface area contributed by atoms with Gasteiger partial charge in [-0.15, -0.1) is 0 Å². The lowest BCUT2D eigenvalue weighted by atomic mass is 9.77. The minimum absolute atomic E-state index is 0.328. The Hall–Kier alpha value is -0.980. The molecular formula is C16H25N. The molecule has 1 aliphatic heterocycles. The molecule has 2 rings (SSSR count). The summed E-state index contributed by atoms with van der Waals surface area (Å²) in [6.45, 7) is 10.4. The Morgan fingerprint density at radius 3 is 2.76 bits per heavy atom. The molecule has 0 atom stereocenters. The van der Waals surface area contributed by atoms with Crippen LogP contribution in [-0.4, -0.2) is 6.54 Å². The highest BCUT2D eigenvalue weighted by atomic mass is 14.9. The van der Waals surface area contributed by atoms with Crippen LogP contribution >= 0.6 is 0 Å². The minimum atomic E-state index is 0.328. The van der Waals surface area contributed by atoms with Crippen LogP contribution < -0.4 is 5.32 Å². The number of nitrogens with one attached hydrogen (secondary N) is 1. The molecule has 1 N–H and O–H groups in total. The zero-order valence-electron chi connectivity index (χ0n) is 11.6. The summed E-state index contributed by atoms with van der Waals surface area (Å²) in [5.41, 5.74) is 4.67. The van der Waals surface area contributed by atoms with Crippen molar-refractivity contribution in [3.63, 3.8) is 0 Å². The van der Waals surface area contributed by atoms with Crippen LogP contribution in [0.25, 0.3) is 0 Å². The van der Waals surface area contributed by atoms with E-state index < -0.39 is 0 Å². The van der Waals surface area contributed by atoms with Crippen molar-refractivity contribution in [3.05, 3.63) is 29.3 Å². The largest absolute Gasteiger partial charge is 0.385 e. The van der Waals surface area contributed by atoms with Gasteiger partial charge in [0.2, 0.25) is 0 Å². The maximum atomic E-state index is 3.51. The molecule has 0 aromatic heterocycles. The highest BCUT2D eigenvalue weighted by Crippen LogP contribution is 2.37. The van der Waals surface area contributed by atoms with Crippen LogP contribution in [-0.2, 0) is 11.8 Å². The molecule has 0 bridgehead atoms. The van der Waals surface area contributed by atoms with E-state index >= 15 is 0 Å². The average Bonchev–Trinajstić information content (AvgIpc) is 2.26. The predicted molar refractivity (Wildman–Crippen MR) is 75.7 cm³/mol. The van der Waals surface area contributed by atoms with E-state index in [0.29, 0.717) is 5.41 Å². The van der Waals surface area contributed by atoms with Gasteiger partial charge in [0.1, 0.15) is 0 Å². The number of aryl methyl sites for hydroxylation is 1. The lowest BCUT2D eigenvalue weighted by Crippen LogP contribution is -2.28. The Labute approximate surface area is 106 Å². The molecule has 1 heterocycles. The molecule has 1 heteroatoms. The van der Waals surface area contributed by atoms with Crippen molar-refractivity contribution in [2.24, 2.45) is 5.92 Å². The molecule has 0 amide bonds. The number of fused-ring (bicyclic) bond motifs is 1. The molecule has 0 unspecified atom stereocenters. The fraction of sp³-hybridized carbons (Fsp3) is 0.625. The van der Waals surface area contributed by atoms with Gasteiger partial charge >= 0.3 is 0 Å². The predicted octanol–water partition coefficient (Wildman–Crippen LogP) is 4.37. The van der Waals surface area contributed by atoms with E-state index in [1.165, 1.54) is 36.1 Å². The second-order valence-corrected chi connectivity index (χ2v) is 6.37. The number of hydrogen-bond donors (Lipinski definition) is 1. The van der Waals surface area contributed by atoms with Gasteiger partial charge in [-0.2, -0.15) is 0 Å². The fourth-order valence-corrected chi connectivity index (χ4v) is 2.56. The Kier molecular flexibility index (Phi) is 3.46. The third-order valence-corrected chi connectivity index (χ3v) is 3.89. The summed E-state index contributed by atoms with van der Waals surface area (Å²) in [7, 11) is 0. The van der Waals surface area contributed by atoms with Gasteiger partial charge in [0.05, 0.1) is 0 Å². The summed E-state index contributed by atoms with van der Waals surface area (Å²) in [5, 5.41) is 3.51. The first-order valence-corrected chi connectivity index (χ1v) is 6.86. The number of hydrogen-bond acceptors (Lipinski definition) is 1. The first-order chi connectivity index (χ1) is 7.99. The van der Waals surface area contributed by atoms with Crippen LogP contribution in [0.15, 0.2) is 18.2 Å². The summed E-state index contributed by atoms with van der Waals surface area (Å²) in [6.07, 6.45) is 3.72. The second kappa shape index (κ2) is 4.72. The lowest BCUT2D eigenvalue weighted by molar-refractivity contribution is 0.481.